The van der Waals surface area contributed by atoms with Crippen molar-refractivity contribution in [3.05, 3.63) is 82.9 Å². The Kier molecular flexibility index (Phi) is 7.77. The van der Waals surface area contributed by atoms with E-state index in [9.17, 15) is 14.7 Å². The monoisotopic (exact) mass is 490 g/mol. The molecule has 0 amide bonds. The fourth-order valence-corrected chi connectivity index (χ4v) is 3.81. The average Bonchev–Trinajstić information content (AvgIpc) is 2.76. The van der Waals surface area contributed by atoms with Crippen LogP contribution < -0.4 is 4.74 Å². The number of phenolic OH excluding ortho intramolecular Hbond substituents is 1. The van der Waals surface area contributed by atoms with E-state index in [0.717, 1.165) is 16.7 Å². The Labute approximate surface area is 212 Å². The molecule has 3 aromatic carbocycles. The van der Waals surface area contributed by atoms with Crippen LogP contribution in [0.25, 0.3) is 11.1 Å². The number of aliphatic carboxylic acids is 1. The molecule has 0 radical (unpaired) electrons. The summed E-state index contributed by atoms with van der Waals surface area (Å²) >= 11 is 0. The number of hydrogen-bond donors (Lipinski definition) is 2. The maximum absolute atomic E-state index is 13.0. The van der Waals surface area contributed by atoms with Crippen molar-refractivity contribution in [2.75, 3.05) is 0 Å². The summed E-state index contributed by atoms with van der Waals surface area (Å²) in [6, 6.07) is 18.5. The number of carboxylic acid groups (broad SMARTS) is 1. The van der Waals surface area contributed by atoms with Crippen molar-refractivity contribution in [1.82, 2.24) is 0 Å². The van der Waals surface area contributed by atoms with Crippen molar-refractivity contribution in [3.8, 4) is 22.6 Å². The summed E-state index contributed by atoms with van der Waals surface area (Å²) in [7, 11) is 0. The lowest BCUT2D eigenvalue weighted by Crippen LogP contribution is -2.25. The molecule has 0 saturated heterocycles. The number of carbonyl (C=O) groups is 2. The molecular weight excluding hydrogens is 456 g/mol. The van der Waals surface area contributed by atoms with Gasteiger partial charge in [-0.05, 0) is 55.0 Å². The van der Waals surface area contributed by atoms with Crippen molar-refractivity contribution >= 4 is 11.9 Å². The zero-order valence-electron chi connectivity index (χ0n) is 21.7. The number of phenols is 1. The zero-order chi connectivity index (χ0) is 26.7. The second-order valence-corrected chi connectivity index (χ2v) is 10.8. The predicted molar refractivity (Wildman–Crippen MR) is 140 cm³/mol. The number of benzene rings is 3. The molecule has 0 saturated carbocycles. The second kappa shape index (κ2) is 10.4. The minimum atomic E-state index is -0.861. The lowest BCUT2D eigenvalue weighted by Gasteiger charge is -2.25. The number of ether oxygens (including phenoxy) is 2. The molecule has 0 aliphatic carbocycles. The minimum Gasteiger partial charge on any atom is -0.507 e. The third-order valence-electron chi connectivity index (χ3n) is 5.57. The number of aromatic hydroxyl groups is 1. The Hall–Kier alpha value is -3.80. The smallest absolute Gasteiger partial charge is 0.342 e. The molecule has 36 heavy (non-hydrogen) atoms. The molecule has 6 nitrogen and oxygen atoms in total. The SMILES string of the molecule is CC(C)(C)OC(=O)c1c(COc2ccc(-c3ccc(CC(=O)O)cc3)cc2)ccc(C(C)(C)C)c1O. The van der Waals surface area contributed by atoms with E-state index in [1.807, 2.05) is 63.2 Å². The minimum absolute atomic E-state index is 0.00930. The van der Waals surface area contributed by atoms with Crippen LogP contribution in [-0.2, 0) is 28.0 Å². The van der Waals surface area contributed by atoms with E-state index < -0.39 is 17.5 Å². The molecule has 0 aromatic heterocycles. The van der Waals surface area contributed by atoms with Crippen LogP contribution in [-0.4, -0.2) is 27.8 Å². The molecule has 3 aromatic rings. The number of carboxylic acids is 1. The van der Waals surface area contributed by atoms with Gasteiger partial charge in [-0.2, -0.15) is 0 Å². The number of esters is 1. The molecule has 2 N–H and O–H groups in total. The Balaban J connectivity index is 1.81. The van der Waals surface area contributed by atoms with Gasteiger partial charge in [-0.3, -0.25) is 4.79 Å². The third kappa shape index (κ3) is 6.87. The normalized spacial score (nSPS) is 11.7. The summed E-state index contributed by atoms with van der Waals surface area (Å²) in [5.41, 5.74) is 2.92. The average molecular weight is 491 g/mol. The molecule has 0 atom stereocenters. The van der Waals surface area contributed by atoms with Gasteiger partial charge in [-0.25, -0.2) is 4.79 Å². The van der Waals surface area contributed by atoms with Crippen LogP contribution >= 0.6 is 0 Å². The van der Waals surface area contributed by atoms with Gasteiger partial charge < -0.3 is 19.7 Å². The molecule has 190 valence electrons. The summed E-state index contributed by atoms with van der Waals surface area (Å²) < 4.78 is 11.5. The Bertz CT molecular complexity index is 1230. The second-order valence-electron chi connectivity index (χ2n) is 10.8. The van der Waals surface area contributed by atoms with Crippen molar-refractivity contribution in [3.63, 3.8) is 0 Å². The van der Waals surface area contributed by atoms with E-state index in [4.69, 9.17) is 14.6 Å². The van der Waals surface area contributed by atoms with E-state index in [0.29, 0.717) is 16.9 Å². The molecule has 0 aliphatic heterocycles. The van der Waals surface area contributed by atoms with Gasteiger partial charge in [0, 0.05) is 11.1 Å². The molecule has 0 heterocycles. The van der Waals surface area contributed by atoms with Gasteiger partial charge in [0.25, 0.3) is 0 Å². The Morgan fingerprint density at radius 2 is 1.36 bits per heavy atom. The number of carbonyl (C=O) groups excluding carboxylic acids is 1. The topological polar surface area (TPSA) is 93.1 Å². The van der Waals surface area contributed by atoms with Crippen LogP contribution in [0.15, 0.2) is 60.7 Å². The van der Waals surface area contributed by atoms with Crippen LogP contribution in [0.5, 0.6) is 11.5 Å². The number of hydrogen-bond acceptors (Lipinski definition) is 5. The highest BCUT2D eigenvalue weighted by Gasteiger charge is 2.28. The maximum atomic E-state index is 13.0. The summed E-state index contributed by atoms with van der Waals surface area (Å²) in [6.45, 7) is 11.3. The highest BCUT2D eigenvalue weighted by atomic mass is 16.6. The van der Waals surface area contributed by atoms with Crippen LogP contribution in [0.2, 0.25) is 0 Å². The van der Waals surface area contributed by atoms with E-state index in [1.54, 1.807) is 39.0 Å². The van der Waals surface area contributed by atoms with E-state index in [-0.39, 0.29) is 29.8 Å². The van der Waals surface area contributed by atoms with Gasteiger partial charge in [0.1, 0.15) is 29.3 Å². The first-order valence-electron chi connectivity index (χ1n) is 11.9. The molecule has 0 unspecified atom stereocenters. The lowest BCUT2D eigenvalue weighted by molar-refractivity contribution is -0.136. The van der Waals surface area contributed by atoms with Crippen LogP contribution in [0, 0.1) is 0 Å². The molecule has 0 spiro atoms. The fourth-order valence-electron chi connectivity index (χ4n) is 3.81. The Morgan fingerprint density at radius 1 is 0.806 bits per heavy atom. The van der Waals surface area contributed by atoms with Crippen molar-refractivity contribution < 1.29 is 29.3 Å². The summed E-state index contributed by atoms with van der Waals surface area (Å²) in [4.78, 5) is 23.9. The van der Waals surface area contributed by atoms with Gasteiger partial charge in [0.05, 0.1) is 6.42 Å². The highest BCUT2D eigenvalue weighted by molar-refractivity contribution is 5.95. The first-order valence-corrected chi connectivity index (χ1v) is 11.9. The summed E-state index contributed by atoms with van der Waals surface area (Å²) in [5.74, 6) is -0.929. The van der Waals surface area contributed by atoms with Gasteiger partial charge >= 0.3 is 11.9 Å². The molecule has 0 aliphatic rings. The molecule has 0 bridgehead atoms. The predicted octanol–water partition coefficient (Wildman–Crippen LogP) is 6.52. The first kappa shape index (κ1) is 26.8. The maximum Gasteiger partial charge on any atom is 0.342 e. The standard InChI is InChI=1S/C30H34O6/c1-29(2,3)24-16-13-22(26(27(24)33)28(34)36-30(4,5)6)18-35-23-14-11-21(12-15-23)20-9-7-19(8-10-20)17-25(31)32/h7-16,33H,17-18H2,1-6H3,(H,31,32). The van der Waals surface area contributed by atoms with Gasteiger partial charge in [0.15, 0.2) is 0 Å². The molecule has 6 heteroatoms. The van der Waals surface area contributed by atoms with E-state index >= 15 is 0 Å². The van der Waals surface area contributed by atoms with Crippen molar-refractivity contribution in [1.29, 1.82) is 0 Å². The summed E-state index contributed by atoms with van der Waals surface area (Å²) in [5, 5.41) is 19.9. The van der Waals surface area contributed by atoms with Crippen LogP contribution in [0.1, 0.15) is 68.6 Å². The Morgan fingerprint density at radius 3 is 1.86 bits per heavy atom. The van der Waals surface area contributed by atoms with E-state index in [1.165, 1.54) is 0 Å². The fraction of sp³-hybridized carbons (Fsp3) is 0.333. The molecule has 0 fully saturated rings. The zero-order valence-corrected chi connectivity index (χ0v) is 21.7. The lowest BCUT2D eigenvalue weighted by atomic mass is 9.84. The summed E-state index contributed by atoms with van der Waals surface area (Å²) in [6.07, 6.45) is -0.00930. The van der Waals surface area contributed by atoms with Gasteiger partial charge in [-0.1, -0.05) is 69.3 Å². The largest absolute Gasteiger partial charge is 0.507 e. The van der Waals surface area contributed by atoms with Gasteiger partial charge in [-0.15, -0.1) is 0 Å². The van der Waals surface area contributed by atoms with Crippen molar-refractivity contribution in [2.45, 2.75) is 65.6 Å². The van der Waals surface area contributed by atoms with Crippen molar-refractivity contribution in [2.24, 2.45) is 0 Å². The number of rotatable bonds is 7. The van der Waals surface area contributed by atoms with Crippen LogP contribution in [0.4, 0.5) is 0 Å². The van der Waals surface area contributed by atoms with E-state index in [2.05, 4.69) is 0 Å². The first-order chi connectivity index (χ1) is 16.7. The molecular formula is C30H34O6. The van der Waals surface area contributed by atoms with Crippen LogP contribution in [0.3, 0.4) is 0 Å². The third-order valence-corrected chi connectivity index (χ3v) is 5.57. The molecule has 3 rings (SSSR count). The van der Waals surface area contributed by atoms with Gasteiger partial charge in [0.2, 0.25) is 0 Å². The quantitative estimate of drug-likeness (QED) is 0.366. The highest BCUT2D eigenvalue weighted by Crippen LogP contribution is 2.36.